The molecule has 2 aromatic carbocycles. The Hall–Kier alpha value is -4.06. The Bertz CT molecular complexity index is 1730. The van der Waals surface area contributed by atoms with Gasteiger partial charge in [-0.2, -0.15) is 0 Å². The van der Waals surface area contributed by atoms with Gasteiger partial charge in [0.25, 0.3) is 0 Å². The van der Waals surface area contributed by atoms with Crippen LogP contribution >= 0.6 is 31.9 Å². The summed E-state index contributed by atoms with van der Waals surface area (Å²) < 4.78 is 4.53. The number of benzene rings is 2. The monoisotopic (exact) mass is 788 g/mol. The molecule has 0 bridgehead atoms. The average Bonchev–Trinajstić information content (AvgIpc) is 3.09. The lowest BCUT2D eigenvalue weighted by molar-refractivity contribution is -0.697. The number of nitrogens with zero attached hydrogens (tertiary/aromatic N) is 2. The Morgan fingerprint density at radius 3 is 1.00 bits per heavy atom. The SMILES string of the molecule is BrCCCC#Cc1ccccc1C#CCCCBr.Cc1cc(C)c[n+](CCCC#Cc2ccccc2C#CCCC[n+]2cc(C)cc(C)c2)c1. The minimum Gasteiger partial charge on any atom is -0.205 e. The first-order valence-electron chi connectivity index (χ1n) is 17.6. The lowest BCUT2D eigenvalue weighted by atomic mass is 10.1. The van der Waals surface area contributed by atoms with Gasteiger partial charge in [0.1, 0.15) is 13.1 Å². The molecule has 0 aliphatic rings. The molecule has 0 N–H and O–H groups in total. The third-order valence-corrected chi connectivity index (χ3v) is 8.56. The van der Waals surface area contributed by atoms with Crippen molar-refractivity contribution in [1.82, 2.24) is 0 Å². The van der Waals surface area contributed by atoms with Gasteiger partial charge in [0.15, 0.2) is 24.8 Å². The highest BCUT2D eigenvalue weighted by Gasteiger charge is 2.03. The second-order valence-electron chi connectivity index (χ2n) is 12.3. The quantitative estimate of drug-likeness (QED) is 0.0655. The first-order chi connectivity index (χ1) is 24.4. The van der Waals surface area contributed by atoms with E-state index in [1.54, 1.807) is 0 Å². The van der Waals surface area contributed by atoms with Crippen LogP contribution < -0.4 is 9.13 Å². The zero-order valence-electron chi connectivity index (χ0n) is 30.2. The summed E-state index contributed by atoms with van der Waals surface area (Å²) in [5, 5.41) is 2.02. The normalized spacial score (nSPS) is 9.72. The van der Waals surface area contributed by atoms with Crippen molar-refractivity contribution in [2.24, 2.45) is 0 Å². The van der Waals surface area contributed by atoms with E-state index >= 15 is 0 Å². The number of rotatable bonds is 10. The topological polar surface area (TPSA) is 7.76 Å². The summed E-state index contributed by atoms with van der Waals surface area (Å²) in [7, 11) is 0. The molecule has 0 unspecified atom stereocenters. The zero-order chi connectivity index (χ0) is 35.8. The van der Waals surface area contributed by atoms with Crippen LogP contribution in [-0.4, -0.2) is 10.7 Å². The second kappa shape index (κ2) is 24.2. The van der Waals surface area contributed by atoms with E-state index in [1.165, 1.54) is 22.3 Å². The van der Waals surface area contributed by atoms with Crippen LogP contribution in [0.4, 0.5) is 0 Å². The fourth-order valence-corrected chi connectivity index (χ4v) is 5.85. The Kier molecular flexibility index (Phi) is 19.5. The molecule has 50 heavy (non-hydrogen) atoms. The van der Waals surface area contributed by atoms with Gasteiger partial charge in [0.05, 0.1) is 0 Å². The highest BCUT2D eigenvalue weighted by atomic mass is 79.9. The molecule has 0 aliphatic heterocycles. The van der Waals surface area contributed by atoms with Gasteiger partial charge < -0.3 is 0 Å². The van der Waals surface area contributed by atoms with Gasteiger partial charge in [0, 0.05) is 93.7 Å². The summed E-state index contributed by atoms with van der Waals surface area (Å²) in [6.45, 7) is 10.6. The highest BCUT2D eigenvalue weighted by molar-refractivity contribution is 9.09. The Morgan fingerprint density at radius 2 is 0.720 bits per heavy atom. The van der Waals surface area contributed by atoms with Crippen molar-refractivity contribution in [3.8, 4) is 47.4 Å². The molecule has 4 aromatic rings. The number of aromatic nitrogens is 2. The Morgan fingerprint density at radius 1 is 0.440 bits per heavy atom. The van der Waals surface area contributed by atoms with E-state index < -0.39 is 0 Å². The van der Waals surface area contributed by atoms with Crippen molar-refractivity contribution in [2.75, 3.05) is 10.7 Å². The molecule has 4 heteroatoms. The van der Waals surface area contributed by atoms with Gasteiger partial charge in [-0.05, 0) is 76.9 Å². The van der Waals surface area contributed by atoms with Crippen LogP contribution in [0.5, 0.6) is 0 Å². The molecule has 0 radical (unpaired) electrons. The number of aryl methyl sites for hydroxylation is 6. The van der Waals surface area contributed by atoms with E-state index in [0.29, 0.717) is 0 Å². The van der Waals surface area contributed by atoms with Crippen molar-refractivity contribution in [2.45, 2.75) is 92.2 Å². The molecule has 0 atom stereocenters. The zero-order valence-corrected chi connectivity index (χ0v) is 33.4. The minimum atomic E-state index is 0.884. The molecule has 0 saturated heterocycles. The minimum absolute atomic E-state index is 0.884. The van der Waals surface area contributed by atoms with E-state index in [2.05, 4.69) is 165 Å². The van der Waals surface area contributed by atoms with Crippen molar-refractivity contribution >= 4 is 31.9 Å². The van der Waals surface area contributed by atoms with Crippen LogP contribution in [0.1, 0.15) is 95.9 Å². The lowest BCUT2D eigenvalue weighted by Crippen LogP contribution is -2.33. The number of alkyl halides is 2. The molecule has 2 nitrogen and oxygen atoms in total. The Balaban J connectivity index is 0.000000319. The molecule has 256 valence electrons. The second-order valence-corrected chi connectivity index (χ2v) is 13.9. The average molecular weight is 791 g/mol. The van der Waals surface area contributed by atoms with E-state index in [9.17, 15) is 0 Å². The van der Waals surface area contributed by atoms with Gasteiger partial charge >= 0.3 is 0 Å². The maximum Gasteiger partial charge on any atom is 0.171 e. The third-order valence-electron chi connectivity index (χ3n) is 7.44. The molecule has 2 aromatic heterocycles. The first-order valence-corrected chi connectivity index (χ1v) is 19.8. The molecular weight excluding hydrogens is 740 g/mol. The third kappa shape index (κ3) is 16.6. The van der Waals surface area contributed by atoms with E-state index in [0.717, 1.165) is 97.4 Å². The summed E-state index contributed by atoms with van der Waals surface area (Å²) >= 11 is 6.81. The van der Waals surface area contributed by atoms with Crippen LogP contribution in [0.15, 0.2) is 85.5 Å². The Labute approximate surface area is 319 Å². The number of halogens is 2. The number of unbranched alkanes of at least 4 members (excludes halogenated alkanes) is 4. The summed E-state index contributed by atoms with van der Waals surface area (Å²) in [4.78, 5) is 0. The number of hydrogen-bond acceptors (Lipinski definition) is 0. The molecule has 0 saturated carbocycles. The lowest BCUT2D eigenvalue weighted by Gasteiger charge is -1.99. The van der Waals surface area contributed by atoms with Gasteiger partial charge in [-0.1, -0.05) is 103 Å². The predicted octanol–water partition coefficient (Wildman–Crippen LogP) is 9.90. The van der Waals surface area contributed by atoms with Crippen molar-refractivity contribution in [3.63, 3.8) is 0 Å². The summed E-state index contributed by atoms with van der Waals surface area (Å²) in [6.07, 6.45) is 16.7. The molecule has 0 amide bonds. The highest BCUT2D eigenvalue weighted by Crippen LogP contribution is 2.08. The van der Waals surface area contributed by atoms with Gasteiger partial charge in [0.2, 0.25) is 0 Å². The van der Waals surface area contributed by atoms with Crippen LogP contribution in [0, 0.1) is 75.1 Å². The summed E-state index contributed by atoms with van der Waals surface area (Å²) in [5.74, 6) is 26.1. The molecule has 4 rings (SSSR count). The molecule has 0 aliphatic carbocycles. The summed E-state index contributed by atoms with van der Waals surface area (Å²) in [6, 6.07) is 20.7. The maximum absolute atomic E-state index is 3.41. The van der Waals surface area contributed by atoms with Crippen molar-refractivity contribution < 1.29 is 9.13 Å². The van der Waals surface area contributed by atoms with Crippen LogP contribution in [0.3, 0.4) is 0 Å². The first kappa shape index (κ1) is 40.4. The molecule has 2 heterocycles. The number of hydrogen-bond donors (Lipinski definition) is 0. The largest absolute Gasteiger partial charge is 0.205 e. The summed E-state index contributed by atoms with van der Waals surface area (Å²) in [5.41, 5.74) is 9.35. The van der Waals surface area contributed by atoms with Gasteiger partial charge in [-0.3, -0.25) is 0 Å². The van der Waals surface area contributed by atoms with Crippen LogP contribution in [0.25, 0.3) is 0 Å². The van der Waals surface area contributed by atoms with Crippen LogP contribution in [-0.2, 0) is 13.1 Å². The maximum atomic E-state index is 3.41. The number of pyridine rings is 2. The van der Waals surface area contributed by atoms with Crippen molar-refractivity contribution in [1.29, 1.82) is 0 Å². The molecule has 0 fully saturated rings. The van der Waals surface area contributed by atoms with Crippen LogP contribution in [0.2, 0.25) is 0 Å². The van der Waals surface area contributed by atoms with Gasteiger partial charge in [-0.25, -0.2) is 9.13 Å². The fourth-order valence-electron chi connectivity index (χ4n) is 5.29. The fraction of sp³-hybridized carbons (Fsp3) is 0.348. The predicted molar refractivity (Wildman–Crippen MR) is 217 cm³/mol. The smallest absolute Gasteiger partial charge is 0.171 e. The molecule has 0 spiro atoms. The van der Waals surface area contributed by atoms with Gasteiger partial charge in [-0.15, -0.1) is 0 Å². The van der Waals surface area contributed by atoms with E-state index in [4.69, 9.17) is 0 Å². The van der Waals surface area contributed by atoms with Crippen molar-refractivity contribution in [3.05, 3.63) is 130 Å². The van der Waals surface area contributed by atoms with E-state index in [-0.39, 0.29) is 0 Å². The molecular formula is C46H50Br2N2+2. The standard InChI is InChI=1S/C30H34N2.C16H16Br2/c1-25-19-26(2)22-31(21-25)17-11-5-7-13-29-15-9-10-16-30(29)14-8-6-12-18-32-23-27(3)20-28(4)24-32;17-13-7-1-3-9-15-11-5-6-12-16(15)10-4-2-8-14-18/h9-10,15-16,19-24H,5-6,11-12,17-18H2,1-4H3;5-6,11-12H,1-2,7-8,13-14H2/q+2;. The van der Waals surface area contributed by atoms with E-state index in [1.807, 2.05) is 36.4 Å².